The molecule has 2 rings (SSSR count). The molecule has 0 aromatic heterocycles. The van der Waals surface area contributed by atoms with Crippen LogP contribution < -0.4 is 10.6 Å². The number of nitrogens with one attached hydrogen (secondary N) is 2. The highest BCUT2D eigenvalue weighted by Crippen LogP contribution is 2.23. The van der Waals surface area contributed by atoms with E-state index in [1.807, 2.05) is 6.92 Å². The summed E-state index contributed by atoms with van der Waals surface area (Å²) in [6.07, 6.45) is 7.77. The zero-order chi connectivity index (χ0) is 13.0. The van der Waals surface area contributed by atoms with E-state index in [0.29, 0.717) is 6.04 Å². The molecule has 0 radical (unpaired) electrons. The molecule has 2 fully saturated rings. The second kappa shape index (κ2) is 6.53. The van der Waals surface area contributed by atoms with Crippen LogP contribution >= 0.6 is 0 Å². The van der Waals surface area contributed by atoms with Crippen molar-refractivity contribution in [2.75, 3.05) is 6.54 Å². The summed E-state index contributed by atoms with van der Waals surface area (Å²) < 4.78 is 0. The van der Waals surface area contributed by atoms with Crippen LogP contribution in [0.1, 0.15) is 51.9 Å². The Morgan fingerprint density at radius 2 is 1.89 bits per heavy atom. The molecule has 0 saturated heterocycles. The van der Waals surface area contributed by atoms with Gasteiger partial charge in [0.15, 0.2) is 0 Å². The van der Waals surface area contributed by atoms with Crippen LogP contribution in [0, 0.1) is 5.92 Å². The topological polar surface area (TPSA) is 61.4 Å². The van der Waals surface area contributed by atoms with Crippen molar-refractivity contribution in [2.24, 2.45) is 5.92 Å². The van der Waals surface area contributed by atoms with Crippen molar-refractivity contribution < 1.29 is 9.90 Å². The first-order valence-electron chi connectivity index (χ1n) is 7.38. The number of hydrogen-bond donors (Lipinski definition) is 3. The molecule has 2 unspecified atom stereocenters. The normalized spacial score (nSPS) is 24.6. The van der Waals surface area contributed by atoms with Crippen molar-refractivity contribution in [3.05, 3.63) is 0 Å². The average molecular weight is 254 g/mol. The Labute approximate surface area is 110 Å². The number of aliphatic hydroxyl groups excluding tert-OH is 1. The van der Waals surface area contributed by atoms with E-state index in [-0.39, 0.29) is 11.9 Å². The van der Waals surface area contributed by atoms with Crippen molar-refractivity contribution in [1.29, 1.82) is 0 Å². The number of amides is 1. The lowest BCUT2D eigenvalue weighted by Gasteiger charge is -2.25. The summed E-state index contributed by atoms with van der Waals surface area (Å²) in [5.74, 6) is 0.501. The molecule has 2 aliphatic carbocycles. The third-order valence-corrected chi connectivity index (χ3v) is 4.12. The molecule has 0 aliphatic heterocycles. The molecule has 4 heteroatoms. The van der Waals surface area contributed by atoms with E-state index in [4.69, 9.17) is 0 Å². The summed E-state index contributed by atoms with van der Waals surface area (Å²) in [5.41, 5.74) is 0. The SMILES string of the molecule is CC(NCC1CCCCC1)C(O)C(=O)NC1CC1. The molecule has 3 N–H and O–H groups in total. The summed E-state index contributed by atoms with van der Waals surface area (Å²) in [4.78, 5) is 11.7. The molecule has 104 valence electrons. The Morgan fingerprint density at radius 1 is 1.22 bits per heavy atom. The summed E-state index contributed by atoms with van der Waals surface area (Å²) in [5, 5.41) is 16.1. The summed E-state index contributed by atoms with van der Waals surface area (Å²) in [6.45, 7) is 2.81. The van der Waals surface area contributed by atoms with E-state index in [1.54, 1.807) is 0 Å². The molecule has 0 bridgehead atoms. The third-order valence-electron chi connectivity index (χ3n) is 4.12. The first kappa shape index (κ1) is 13.8. The fourth-order valence-corrected chi connectivity index (χ4v) is 2.60. The minimum atomic E-state index is -0.922. The van der Waals surface area contributed by atoms with Gasteiger partial charge in [-0.15, -0.1) is 0 Å². The maximum Gasteiger partial charge on any atom is 0.250 e. The molecule has 1 amide bonds. The highest BCUT2D eigenvalue weighted by Gasteiger charge is 2.29. The van der Waals surface area contributed by atoms with Crippen molar-refractivity contribution in [2.45, 2.75) is 70.1 Å². The Bertz CT molecular complexity index is 273. The van der Waals surface area contributed by atoms with Crippen molar-refractivity contribution in [3.63, 3.8) is 0 Å². The van der Waals surface area contributed by atoms with Gasteiger partial charge in [-0.25, -0.2) is 0 Å². The van der Waals surface area contributed by atoms with Crippen LogP contribution in [-0.4, -0.2) is 35.7 Å². The minimum Gasteiger partial charge on any atom is -0.382 e. The van der Waals surface area contributed by atoms with Gasteiger partial charge in [-0.2, -0.15) is 0 Å². The summed E-state index contributed by atoms with van der Waals surface area (Å²) >= 11 is 0. The lowest BCUT2D eigenvalue weighted by atomic mass is 9.89. The molecule has 0 aromatic rings. The van der Waals surface area contributed by atoms with Gasteiger partial charge in [0, 0.05) is 12.1 Å². The Hall–Kier alpha value is -0.610. The van der Waals surface area contributed by atoms with Crippen LogP contribution in [0.5, 0.6) is 0 Å². The fraction of sp³-hybridized carbons (Fsp3) is 0.929. The lowest BCUT2D eigenvalue weighted by Crippen LogP contribution is -2.48. The van der Waals surface area contributed by atoms with Gasteiger partial charge in [-0.1, -0.05) is 19.3 Å². The minimum absolute atomic E-state index is 0.161. The smallest absolute Gasteiger partial charge is 0.250 e. The average Bonchev–Trinajstić information content (AvgIpc) is 3.20. The van der Waals surface area contributed by atoms with Gasteiger partial charge >= 0.3 is 0 Å². The van der Waals surface area contributed by atoms with Gasteiger partial charge in [0.05, 0.1) is 0 Å². The lowest BCUT2D eigenvalue weighted by molar-refractivity contribution is -0.130. The molecule has 2 atom stereocenters. The second-order valence-electron chi connectivity index (χ2n) is 5.93. The third kappa shape index (κ3) is 4.25. The maximum absolute atomic E-state index is 11.7. The first-order chi connectivity index (χ1) is 8.66. The molecule has 0 aromatic carbocycles. The van der Waals surface area contributed by atoms with Gasteiger partial charge in [0.1, 0.15) is 6.10 Å². The molecule has 2 aliphatic rings. The van der Waals surface area contributed by atoms with Crippen LogP contribution in [0.2, 0.25) is 0 Å². The van der Waals surface area contributed by atoms with Crippen molar-refractivity contribution >= 4 is 5.91 Å². The summed E-state index contributed by atoms with van der Waals surface area (Å²) in [7, 11) is 0. The number of rotatable bonds is 6. The Morgan fingerprint density at radius 3 is 2.50 bits per heavy atom. The molecule has 18 heavy (non-hydrogen) atoms. The quantitative estimate of drug-likeness (QED) is 0.667. The largest absolute Gasteiger partial charge is 0.382 e. The molecular weight excluding hydrogens is 228 g/mol. The van der Waals surface area contributed by atoms with Crippen LogP contribution in [0.3, 0.4) is 0 Å². The second-order valence-corrected chi connectivity index (χ2v) is 5.93. The maximum atomic E-state index is 11.7. The van der Waals surface area contributed by atoms with Crippen LogP contribution in [0.15, 0.2) is 0 Å². The zero-order valence-electron chi connectivity index (χ0n) is 11.3. The number of carbonyl (C=O) groups is 1. The van der Waals surface area contributed by atoms with Gasteiger partial charge in [-0.3, -0.25) is 4.79 Å². The molecule has 4 nitrogen and oxygen atoms in total. The monoisotopic (exact) mass is 254 g/mol. The number of hydrogen-bond acceptors (Lipinski definition) is 3. The highest BCUT2D eigenvalue weighted by atomic mass is 16.3. The highest BCUT2D eigenvalue weighted by molar-refractivity contribution is 5.81. The van der Waals surface area contributed by atoms with Gasteiger partial charge in [0.25, 0.3) is 5.91 Å². The van der Waals surface area contributed by atoms with Gasteiger partial charge in [0.2, 0.25) is 0 Å². The molecule has 0 heterocycles. The fourth-order valence-electron chi connectivity index (χ4n) is 2.60. The Balaban J connectivity index is 1.65. The van der Waals surface area contributed by atoms with E-state index >= 15 is 0 Å². The van der Waals surface area contributed by atoms with E-state index in [1.165, 1.54) is 32.1 Å². The molecule has 2 saturated carbocycles. The predicted molar refractivity (Wildman–Crippen MR) is 71.2 cm³/mol. The van der Waals surface area contributed by atoms with E-state index < -0.39 is 6.10 Å². The standard InChI is InChI=1S/C14H26N2O2/c1-10(13(17)14(18)16-12-7-8-12)15-9-11-5-3-2-4-6-11/h10-13,15,17H,2-9H2,1H3,(H,16,18). The van der Waals surface area contributed by atoms with Crippen LogP contribution in [0.4, 0.5) is 0 Å². The van der Waals surface area contributed by atoms with E-state index in [9.17, 15) is 9.90 Å². The summed E-state index contributed by atoms with van der Waals surface area (Å²) in [6, 6.07) is 0.156. The Kier molecular flexibility index (Phi) is 5.01. The number of aliphatic hydroxyl groups is 1. The number of carbonyl (C=O) groups excluding carboxylic acids is 1. The van der Waals surface area contributed by atoms with Crippen molar-refractivity contribution in [3.8, 4) is 0 Å². The van der Waals surface area contributed by atoms with E-state index in [0.717, 1.165) is 25.3 Å². The van der Waals surface area contributed by atoms with Gasteiger partial charge < -0.3 is 15.7 Å². The first-order valence-corrected chi connectivity index (χ1v) is 7.38. The predicted octanol–water partition coefficient (Wildman–Crippen LogP) is 1.18. The van der Waals surface area contributed by atoms with Gasteiger partial charge in [-0.05, 0) is 45.1 Å². The zero-order valence-corrected chi connectivity index (χ0v) is 11.3. The molecule has 0 spiro atoms. The van der Waals surface area contributed by atoms with E-state index in [2.05, 4.69) is 10.6 Å². The molecular formula is C14H26N2O2. The van der Waals surface area contributed by atoms with Crippen LogP contribution in [-0.2, 0) is 4.79 Å². The van der Waals surface area contributed by atoms with Crippen LogP contribution in [0.25, 0.3) is 0 Å². The van der Waals surface area contributed by atoms with Crippen molar-refractivity contribution in [1.82, 2.24) is 10.6 Å².